The molecule has 0 radical (unpaired) electrons. The molecule has 0 spiro atoms. The normalized spacial score (nSPS) is 10.2. The monoisotopic (exact) mass is 326 g/mol. The van der Waals surface area contributed by atoms with Gasteiger partial charge in [-0.15, -0.1) is 0 Å². The Bertz CT molecular complexity index is 644. The summed E-state index contributed by atoms with van der Waals surface area (Å²) < 4.78 is 5.50. The number of carbonyl (C=O) groups excluding carboxylic acids is 2. The summed E-state index contributed by atoms with van der Waals surface area (Å²) in [5, 5.41) is 0. The van der Waals surface area contributed by atoms with Crippen molar-refractivity contribution in [2.24, 2.45) is 5.73 Å². The molecule has 5 nitrogen and oxygen atoms in total. The van der Waals surface area contributed by atoms with E-state index in [9.17, 15) is 9.59 Å². The molecule has 2 amide bonds. The summed E-state index contributed by atoms with van der Waals surface area (Å²) in [5.74, 6) is 0.0660. The van der Waals surface area contributed by atoms with Crippen LogP contribution in [0.2, 0.25) is 0 Å². The first-order valence-electron chi connectivity index (χ1n) is 7.93. The highest BCUT2D eigenvalue weighted by molar-refractivity contribution is 5.79. The second-order valence-corrected chi connectivity index (χ2v) is 5.43. The quantitative estimate of drug-likeness (QED) is 0.766. The van der Waals surface area contributed by atoms with E-state index >= 15 is 0 Å². The van der Waals surface area contributed by atoms with E-state index in [0.29, 0.717) is 18.8 Å². The number of benzene rings is 2. The average Bonchev–Trinajstić information content (AvgIpc) is 2.61. The fourth-order valence-electron chi connectivity index (χ4n) is 2.27. The van der Waals surface area contributed by atoms with Crippen LogP contribution in [-0.2, 0) is 16.0 Å². The molecule has 0 aliphatic carbocycles. The lowest BCUT2D eigenvalue weighted by molar-refractivity contribution is -0.133. The number of primary amides is 1. The molecule has 2 rings (SSSR count). The van der Waals surface area contributed by atoms with Crippen molar-refractivity contribution in [2.45, 2.75) is 12.8 Å². The van der Waals surface area contributed by atoms with E-state index < -0.39 is 5.91 Å². The van der Waals surface area contributed by atoms with Gasteiger partial charge in [0.2, 0.25) is 5.91 Å². The van der Waals surface area contributed by atoms with Crippen molar-refractivity contribution in [1.29, 1.82) is 0 Å². The lowest BCUT2D eigenvalue weighted by Crippen LogP contribution is -2.38. The third kappa shape index (κ3) is 6.12. The highest BCUT2D eigenvalue weighted by Gasteiger charge is 2.15. The van der Waals surface area contributed by atoms with Crippen molar-refractivity contribution in [3.05, 3.63) is 66.2 Å². The molecule has 0 heterocycles. The van der Waals surface area contributed by atoms with Crippen LogP contribution in [0.25, 0.3) is 0 Å². The predicted molar refractivity (Wildman–Crippen MR) is 92.5 cm³/mol. The summed E-state index contributed by atoms with van der Waals surface area (Å²) in [6.07, 6.45) is 0.864. The molecule has 0 atom stereocenters. The third-order valence-corrected chi connectivity index (χ3v) is 3.60. The summed E-state index contributed by atoms with van der Waals surface area (Å²) in [7, 11) is 0. The van der Waals surface area contributed by atoms with E-state index in [2.05, 4.69) is 0 Å². The van der Waals surface area contributed by atoms with Crippen LogP contribution >= 0.6 is 0 Å². The maximum absolute atomic E-state index is 12.4. The summed E-state index contributed by atoms with van der Waals surface area (Å²) in [5.41, 5.74) is 6.34. The SMILES string of the molecule is NC(=O)CCN(CCc1ccccc1)C(=O)COc1ccccc1. The zero-order valence-electron chi connectivity index (χ0n) is 13.6. The van der Waals surface area contributed by atoms with Crippen LogP contribution in [0.3, 0.4) is 0 Å². The first kappa shape index (κ1) is 17.5. The molecule has 2 N–H and O–H groups in total. The fourth-order valence-corrected chi connectivity index (χ4v) is 2.27. The number of carbonyl (C=O) groups is 2. The standard InChI is InChI=1S/C19H22N2O3/c20-18(22)12-14-21(13-11-16-7-3-1-4-8-16)19(23)15-24-17-9-5-2-6-10-17/h1-10H,11-15H2,(H2,20,22). The van der Waals surface area contributed by atoms with Crippen LogP contribution in [0.15, 0.2) is 60.7 Å². The third-order valence-electron chi connectivity index (χ3n) is 3.60. The molecule has 2 aromatic carbocycles. The van der Waals surface area contributed by atoms with E-state index in [1.54, 1.807) is 17.0 Å². The van der Waals surface area contributed by atoms with Gasteiger partial charge in [0.25, 0.3) is 5.91 Å². The lowest BCUT2D eigenvalue weighted by atomic mass is 10.1. The van der Waals surface area contributed by atoms with Gasteiger partial charge in [0.05, 0.1) is 0 Å². The van der Waals surface area contributed by atoms with E-state index in [4.69, 9.17) is 10.5 Å². The smallest absolute Gasteiger partial charge is 0.260 e. The van der Waals surface area contributed by atoms with Crippen LogP contribution in [0.1, 0.15) is 12.0 Å². The van der Waals surface area contributed by atoms with E-state index in [1.165, 1.54) is 0 Å². The Balaban J connectivity index is 1.90. The second-order valence-electron chi connectivity index (χ2n) is 5.43. The van der Waals surface area contributed by atoms with Gasteiger partial charge >= 0.3 is 0 Å². The zero-order valence-corrected chi connectivity index (χ0v) is 13.6. The molecule has 0 aliphatic rings. The van der Waals surface area contributed by atoms with Crippen LogP contribution in [-0.4, -0.2) is 36.4 Å². The minimum absolute atomic E-state index is 0.0580. The van der Waals surface area contributed by atoms with Gasteiger partial charge in [0.1, 0.15) is 5.75 Å². The molecule has 0 bridgehead atoms. The Morgan fingerprint density at radius 3 is 2.17 bits per heavy atom. The number of hydrogen-bond donors (Lipinski definition) is 1. The van der Waals surface area contributed by atoms with Crippen molar-refractivity contribution in [1.82, 2.24) is 4.90 Å². The molecule has 24 heavy (non-hydrogen) atoms. The van der Waals surface area contributed by atoms with Crippen molar-refractivity contribution in [3.63, 3.8) is 0 Å². The topological polar surface area (TPSA) is 72.6 Å². The Labute approximate surface area is 142 Å². The first-order valence-corrected chi connectivity index (χ1v) is 7.93. The maximum atomic E-state index is 12.4. The Morgan fingerprint density at radius 2 is 1.54 bits per heavy atom. The summed E-state index contributed by atoms with van der Waals surface area (Å²) in [4.78, 5) is 25.1. The van der Waals surface area contributed by atoms with Gasteiger partial charge in [-0.1, -0.05) is 48.5 Å². The molecule has 0 aliphatic heterocycles. The highest BCUT2D eigenvalue weighted by atomic mass is 16.5. The van der Waals surface area contributed by atoms with Crippen molar-refractivity contribution < 1.29 is 14.3 Å². The average molecular weight is 326 g/mol. The minimum atomic E-state index is -0.420. The van der Waals surface area contributed by atoms with Crippen molar-refractivity contribution in [2.75, 3.05) is 19.7 Å². The number of ether oxygens (including phenoxy) is 1. The van der Waals surface area contributed by atoms with Gasteiger partial charge in [-0.2, -0.15) is 0 Å². The molecular formula is C19H22N2O3. The second kappa shape index (κ2) is 9.35. The number of hydrogen-bond acceptors (Lipinski definition) is 3. The molecule has 126 valence electrons. The first-order chi connectivity index (χ1) is 11.6. The highest BCUT2D eigenvalue weighted by Crippen LogP contribution is 2.09. The predicted octanol–water partition coefficient (Wildman–Crippen LogP) is 2.01. The van der Waals surface area contributed by atoms with E-state index in [-0.39, 0.29) is 18.9 Å². The summed E-state index contributed by atoms with van der Waals surface area (Å²) >= 11 is 0. The number of nitrogens with zero attached hydrogens (tertiary/aromatic N) is 1. The van der Waals surface area contributed by atoms with Crippen LogP contribution in [0.5, 0.6) is 5.75 Å². The minimum Gasteiger partial charge on any atom is -0.484 e. The number of para-hydroxylation sites is 1. The van der Waals surface area contributed by atoms with Crippen LogP contribution in [0, 0.1) is 0 Å². The Morgan fingerprint density at radius 1 is 0.917 bits per heavy atom. The van der Waals surface area contributed by atoms with Gasteiger partial charge < -0.3 is 15.4 Å². The van der Waals surface area contributed by atoms with Gasteiger partial charge in [-0.3, -0.25) is 9.59 Å². The number of rotatable bonds is 9. The molecule has 0 aromatic heterocycles. The van der Waals surface area contributed by atoms with Crippen molar-refractivity contribution in [3.8, 4) is 5.75 Å². The van der Waals surface area contributed by atoms with Gasteiger partial charge in [-0.05, 0) is 24.1 Å². The van der Waals surface area contributed by atoms with Crippen LogP contribution < -0.4 is 10.5 Å². The van der Waals surface area contributed by atoms with Gasteiger partial charge in [0, 0.05) is 19.5 Å². The molecule has 0 saturated heterocycles. The summed E-state index contributed by atoms with van der Waals surface area (Å²) in [6.45, 7) is 0.769. The van der Waals surface area contributed by atoms with E-state index in [1.807, 2.05) is 48.5 Å². The molecule has 5 heteroatoms. The molecule has 0 saturated carbocycles. The molecule has 0 unspecified atom stereocenters. The molecule has 2 aromatic rings. The van der Waals surface area contributed by atoms with Gasteiger partial charge in [-0.25, -0.2) is 0 Å². The molecular weight excluding hydrogens is 304 g/mol. The maximum Gasteiger partial charge on any atom is 0.260 e. The fraction of sp³-hybridized carbons (Fsp3) is 0.263. The largest absolute Gasteiger partial charge is 0.484 e. The Hall–Kier alpha value is -2.82. The number of amides is 2. The Kier molecular flexibility index (Phi) is 6.83. The molecule has 0 fully saturated rings. The lowest BCUT2D eigenvalue weighted by Gasteiger charge is -2.22. The zero-order chi connectivity index (χ0) is 17.2. The van der Waals surface area contributed by atoms with Gasteiger partial charge in [0.15, 0.2) is 6.61 Å². The van der Waals surface area contributed by atoms with E-state index in [0.717, 1.165) is 12.0 Å². The summed E-state index contributed by atoms with van der Waals surface area (Å²) in [6, 6.07) is 19.1. The number of nitrogens with two attached hydrogens (primary N) is 1. The van der Waals surface area contributed by atoms with Crippen molar-refractivity contribution >= 4 is 11.8 Å². The van der Waals surface area contributed by atoms with Crippen LogP contribution in [0.4, 0.5) is 0 Å².